The molecule has 0 aliphatic heterocycles. The molecule has 0 saturated carbocycles. The molecule has 0 fully saturated rings. The molecule has 0 bridgehead atoms. The maximum absolute atomic E-state index is 11.4. The lowest BCUT2D eigenvalue weighted by atomic mass is 9.98. The second kappa shape index (κ2) is 15.9. The third-order valence-corrected chi connectivity index (χ3v) is 13.0. The largest absolute Gasteiger partial charge is 0.309 e. The first kappa shape index (κ1) is 35.9. The average molecular weight is 870 g/mol. The van der Waals surface area contributed by atoms with E-state index in [0.29, 0.717) is 11.6 Å². The van der Waals surface area contributed by atoms with E-state index in [2.05, 4.69) is 71.3 Å². The Labute approximate surface area is 396 Å². The zero-order valence-corrected chi connectivity index (χ0v) is 36.4. The van der Waals surface area contributed by atoms with Crippen molar-refractivity contribution in [3.63, 3.8) is 0 Å². The van der Waals surface area contributed by atoms with E-state index in [-0.39, 0.29) is 40.8 Å². The summed E-state index contributed by atoms with van der Waals surface area (Å²) in [6.07, 6.45) is 0. The Morgan fingerprint density at radius 1 is 0.382 bits per heavy atom. The van der Waals surface area contributed by atoms with Crippen LogP contribution < -0.4 is 0 Å². The van der Waals surface area contributed by atoms with E-state index in [1.54, 1.807) is 0 Å². The van der Waals surface area contributed by atoms with Gasteiger partial charge in [0, 0.05) is 43.6 Å². The summed E-state index contributed by atoms with van der Waals surface area (Å²) in [4.78, 5) is 15.3. The molecule has 316 valence electrons. The van der Waals surface area contributed by atoms with Crippen LogP contribution in [-0.4, -0.2) is 24.1 Å². The first-order valence-electron chi connectivity index (χ1n) is 24.0. The Kier molecular flexibility index (Phi) is 8.39. The molecule has 0 aliphatic rings. The van der Waals surface area contributed by atoms with Crippen molar-refractivity contribution in [1.82, 2.24) is 24.1 Å². The van der Waals surface area contributed by atoms with Gasteiger partial charge in [-0.3, -0.25) is 0 Å². The molecule has 3 aromatic heterocycles. The van der Waals surface area contributed by atoms with Crippen LogP contribution in [0.1, 0.15) is 9.68 Å². The molecule has 0 atom stereocenters. The maximum atomic E-state index is 11.4. The molecular weight excluding hydrogens is 829 g/mol. The minimum atomic E-state index is -0.281. The fourth-order valence-electron chi connectivity index (χ4n) is 9.99. The SMILES string of the molecule is [2H]c1c([2H])c(-n2c3ccccc3c3ccc4c(c5ccccc5n4-c4cccc5ccccc45)c32)c(C#N)c([2H])c1-c1nc(-c2ccccc2-c2ccccc2)nc(-c2ccccc2-c2ccccc2)n1. The van der Waals surface area contributed by atoms with Crippen LogP contribution in [0.3, 0.4) is 0 Å². The van der Waals surface area contributed by atoms with Crippen molar-refractivity contribution in [1.29, 1.82) is 5.26 Å². The predicted molar refractivity (Wildman–Crippen MR) is 278 cm³/mol. The molecule has 13 rings (SSSR count). The predicted octanol–water partition coefficient (Wildman–Crippen LogP) is 15.4. The summed E-state index contributed by atoms with van der Waals surface area (Å²) < 4.78 is 34.3. The average Bonchev–Trinajstić information content (AvgIpc) is 3.95. The van der Waals surface area contributed by atoms with Crippen LogP contribution in [0.15, 0.2) is 230 Å². The van der Waals surface area contributed by atoms with Gasteiger partial charge in [0.05, 0.1) is 43.1 Å². The number of rotatable bonds is 7. The van der Waals surface area contributed by atoms with Gasteiger partial charge in [0.1, 0.15) is 6.07 Å². The van der Waals surface area contributed by atoms with Crippen molar-refractivity contribution in [2.24, 2.45) is 0 Å². The highest BCUT2D eigenvalue weighted by Gasteiger charge is 2.24. The van der Waals surface area contributed by atoms with Crippen molar-refractivity contribution in [2.75, 3.05) is 0 Å². The zero-order valence-electron chi connectivity index (χ0n) is 39.4. The van der Waals surface area contributed by atoms with Crippen molar-refractivity contribution in [3.8, 4) is 73.9 Å². The maximum Gasteiger partial charge on any atom is 0.164 e. The summed E-state index contributed by atoms with van der Waals surface area (Å²) in [5.41, 5.74) is 9.65. The molecule has 68 heavy (non-hydrogen) atoms. The quantitative estimate of drug-likeness (QED) is 0.160. The van der Waals surface area contributed by atoms with Gasteiger partial charge in [-0.05, 0) is 70.0 Å². The number of nitriles is 1. The summed E-state index contributed by atoms with van der Waals surface area (Å²) >= 11 is 0. The molecule has 13 aromatic rings. The van der Waals surface area contributed by atoms with Crippen molar-refractivity contribution < 1.29 is 4.11 Å². The summed E-state index contributed by atoms with van der Waals surface area (Å²) in [7, 11) is 0. The van der Waals surface area contributed by atoms with Gasteiger partial charge in [-0.1, -0.05) is 188 Å². The molecule has 0 radical (unpaired) electrons. The van der Waals surface area contributed by atoms with Gasteiger partial charge in [0.15, 0.2) is 17.5 Å². The number of hydrogen-bond donors (Lipinski definition) is 0. The molecule has 6 heteroatoms. The first-order chi connectivity index (χ1) is 35.0. The highest BCUT2D eigenvalue weighted by molar-refractivity contribution is 6.26. The molecular formula is C62H38N6. The fourth-order valence-corrected chi connectivity index (χ4v) is 9.99. The van der Waals surface area contributed by atoms with E-state index in [9.17, 15) is 9.37 Å². The van der Waals surface area contributed by atoms with E-state index >= 15 is 0 Å². The van der Waals surface area contributed by atoms with Crippen LogP contribution in [0.25, 0.3) is 122 Å². The van der Waals surface area contributed by atoms with E-state index in [4.69, 9.17) is 15.0 Å². The van der Waals surface area contributed by atoms with Crippen molar-refractivity contribution >= 4 is 54.4 Å². The minimum absolute atomic E-state index is 0.0186. The molecule has 6 nitrogen and oxygen atoms in total. The number of para-hydroxylation sites is 2. The third-order valence-electron chi connectivity index (χ3n) is 13.0. The third kappa shape index (κ3) is 6.22. The van der Waals surface area contributed by atoms with Gasteiger partial charge in [0.2, 0.25) is 0 Å². The molecule has 0 aliphatic carbocycles. The summed E-state index contributed by atoms with van der Waals surface area (Å²) in [6, 6.07) is 72.6. The number of benzene rings is 10. The molecule has 10 aromatic carbocycles. The zero-order chi connectivity index (χ0) is 47.7. The van der Waals surface area contributed by atoms with E-state index in [1.165, 1.54) is 0 Å². The van der Waals surface area contributed by atoms with Crippen LogP contribution in [0.2, 0.25) is 0 Å². The van der Waals surface area contributed by atoms with E-state index in [0.717, 1.165) is 93.5 Å². The van der Waals surface area contributed by atoms with Gasteiger partial charge in [-0.15, -0.1) is 0 Å². The minimum Gasteiger partial charge on any atom is -0.309 e. The van der Waals surface area contributed by atoms with Gasteiger partial charge in [0.25, 0.3) is 0 Å². The smallest absolute Gasteiger partial charge is 0.164 e. The monoisotopic (exact) mass is 869 g/mol. The number of aromatic nitrogens is 5. The standard InChI is InChI=1S/C62H38N6/c63-39-44-38-43(60-64-61(50-28-11-9-24-45(50)40-18-3-1-4-19-40)66-62(65-60)51-29-12-10-25-46(51)41-20-5-2-6-21-41)34-36-53(44)68-55-31-15-13-27-48(55)49-35-37-57-58(59(49)68)52-30-14-16-32-56(52)67(57)54-33-17-23-42-22-7-8-26-47(42)54/h1-38H/i34D,36D,38D. The number of nitrogens with zero attached hydrogens (tertiary/aromatic N) is 6. The Hall–Kier alpha value is -9.44. The molecule has 0 amide bonds. The highest BCUT2D eigenvalue weighted by atomic mass is 15.0. The summed E-state index contributed by atoms with van der Waals surface area (Å²) in [5.74, 6) is 0.672. The molecule has 0 spiro atoms. The lowest BCUT2D eigenvalue weighted by molar-refractivity contribution is 1.07. The Morgan fingerprint density at radius 2 is 0.912 bits per heavy atom. The van der Waals surface area contributed by atoms with Crippen LogP contribution in [0.4, 0.5) is 0 Å². The second-order valence-corrected chi connectivity index (χ2v) is 16.8. The first-order valence-corrected chi connectivity index (χ1v) is 22.5. The lowest BCUT2D eigenvalue weighted by Gasteiger charge is -2.15. The number of fused-ring (bicyclic) bond motifs is 8. The van der Waals surface area contributed by atoms with Gasteiger partial charge in [-0.2, -0.15) is 5.26 Å². The fraction of sp³-hybridized carbons (Fsp3) is 0. The van der Waals surface area contributed by atoms with E-state index < -0.39 is 0 Å². The Balaban J connectivity index is 1.10. The van der Waals surface area contributed by atoms with Crippen molar-refractivity contribution in [3.05, 3.63) is 236 Å². The van der Waals surface area contributed by atoms with Gasteiger partial charge >= 0.3 is 0 Å². The molecule has 3 heterocycles. The van der Waals surface area contributed by atoms with Crippen LogP contribution in [0.5, 0.6) is 0 Å². The summed E-state index contributed by atoms with van der Waals surface area (Å²) in [6.45, 7) is 0. The van der Waals surface area contributed by atoms with Crippen LogP contribution in [-0.2, 0) is 0 Å². The second-order valence-electron chi connectivity index (χ2n) is 16.8. The summed E-state index contributed by atoms with van der Waals surface area (Å²) in [5, 5.41) is 17.3. The van der Waals surface area contributed by atoms with Gasteiger partial charge < -0.3 is 9.13 Å². The van der Waals surface area contributed by atoms with Crippen LogP contribution in [0, 0.1) is 11.3 Å². The van der Waals surface area contributed by atoms with Gasteiger partial charge in [-0.25, -0.2) is 15.0 Å². The Bertz CT molecular complexity index is 4240. The van der Waals surface area contributed by atoms with Crippen molar-refractivity contribution in [2.45, 2.75) is 0 Å². The topological polar surface area (TPSA) is 72.3 Å². The molecule has 0 N–H and O–H groups in total. The van der Waals surface area contributed by atoms with Crippen LogP contribution >= 0.6 is 0 Å². The molecule has 0 unspecified atom stereocenters. The highest BCUT2D eigenvalue weighted by Crippen LogP contribution is 2.44. The van der Waals surface area contributed by atoms with E-state index in [1.807, 2.05) is 156 Å². The Morgan fingerprint density at radius 3 is 1.57 bits per heavy atom. The normalized spacial score (nSPS) is 12.1. The lowest BCUT2D eigenvalue weighted by Crippen LogP contribution is -2.03. The molecule has 0 saturated heterocycles. The number of hydrogen-bond acceptors (Lipinski definition) is 4.